The number of fused-ring (bicyclic) bond motifs is 7. The fourth-order valence-corrected chi connectivity index (χ4v) is 7.44. The van der Waals surface area contributed by atoms with Gasteiger partial charge in [-0.15, -0.1) is 11.3 Å². The summed E-state index contributed by atoms with van der Waals surface area (Å²) in [6.45, 7) is 8.36. The molecule has 1 aliphatic carbocycles. The van der Waals surface area contributed by atoms with Crippen molar-refractivity contribution < 1.29 is 0 Å². The second kappa shape index (κ2) is 13.4. The third-order valence-corrected chi connectivity index (χ3v) is 9.55. The van der Waals surface area contributed by atoms with E-state index in [-0.39, 0.29) is 0 Å². The lowest BCUT2D eigenvalue weighted by Gasteiger charge is -2.14. The van der Waals surface area contributed by atoms with E-state index in [9.17, 15) is 0 Å². The van der Waals surface area contributed by atoms with E-state index in [1.807, 2.05) is 24.3 Å². The molecule has 1 aliphatic rings. The molecule has 0 saturated heterocycles. The van der Waals surface area contributed by atoms with Crippen LogP contribution >= 0.6 is 11.3 Å². The average molecular weight is 590 g/mol. The Morgan fingerprint density at radius 1 is 0.818 bits per heavy atom. The summed E-state index contributed by atoms with van der Waals surface area (Å²) in [4.78, 5) is 5.18. The molecule has 2 heterocycles. The Kier molecular flexibility index (Phi) is 9.00. The number of allylic oxidation sites excluding steroid dienone is 12. The zero-order valence-electron chi connectivity index (χ0n) is 26.0. The highest BCUT2D eigenvalue weighted by Crippen LogP contribution is 2.52. The molecule has 0 fully saturated rings. The summed E-state index contributed by atoms with van der Waals surface area (Å²) >= 11 is 1.90. The van der Waals surface area contributed by atoms with Crippen molar-refractivity contribution in [3.63, 3.8) is 0 Å². The number of nitrogens with zero attached hydrogens (tertiary/aromatic N) is 1. The summed E-state index contributed by atoms with van der Waals surface area (Å²) in [6, 6.07) is 27.1. The molecule has 2 aromatic heterocycles. The number of benzene rings is 3. The third-order valence-electron chi connectivity index (χ3n) is 8.41. The van der Waals surface area contributed by atoms with E-state index in [1.54, 1.807) is 0 Å². The first-order chi connectivity index (χ1) is 21.6. The Bertz CT molecular complexity index is 2010. The molecule has 5 aromatic rings. The van der Waals surface area contributed by atoms with Gasteiger partial charge in [0.05, 0.1) is 5.69 Å². The molecule has 3 aromatic carbocycles. The third kappa shape index (κ3) is 5.83. The minimum absolute atomic E-state index is 0.298. The minimum atomic E-state index is 0.298. The summed E-state index contributed by atoms with van der Waals surface area (Å²) in [6.07, 6.45) is 23.2. The van der Waals surface area contributed by atoms with Crippen molar-refractivity contribution in [2.75, 3.05) is 0 Å². The van der Waals surface area contributed by atoms with Crippen LogP contribution < -0.4 is 0 Å². The Morgan fingerprint density at radius 2 is 1.64 bits per heavy atom. The van der Waals surface area contributed by atoms with E-state index in [2.05, 4.69) is 148 Å². The van der Waals surface area contributed by atoms with Crippen LogP contribution in [0.15, 0.2) is 134 Å². The van der Waals surface area contributed by atoms with Crippen LogP contribution in [0.25, 0.3) is 42.4 Å². The molecule has 0 spiro atoms. The summed E-state index contributed by atoms with van der Waals surface area (Å²) in [7, 11) is 0. The van der Waals surface area contributed by atoms with Gasteiger partial charge in [0.25, 0.3) is 0 Å². The number of hydrogen-bond donors (Lipinski definition) is 0. The number of aromatic nitrogens is 1. The normalized spacial score (nSPS) is 15.6. The van der Waals surface area contributed by atoms with Gasteiger partial charge in [-0.2, -0.15) is 0 Å². The van der Waals surface area contributed by atoms with E-state index in [1.165, 1.54) is 59.1 Å². The molecular weight excluding hydrogens is 551 g/mol. The van der Waals surface area contributed by atoms with Crippen molar-refractivity contribution in [3.8, 4) is 11.1 Å². The van der Waals surface area contributed by atoms with Gasteiger partial charge in [0.2, 0.25) is 0 Å². The molecule has 2 heteroatoms. The predicted molar refractivity (Wildman–Crippen MR) is 194 cm³/mol. The topological polar surface area (TPSA) is 12.9 Å². The Labute approximate surface area is 266 Å². The summed E-state index contributed by atoms with van der Waals surface area (Å²) < 4.78 is 2.72. The monoisotopic (exact) mass is 589 g/mol. The Morgan fingerprint density at radius 3 is 2.48 bits per heavy atom. The Balaban J connectivity index is 1.44. The van der Waals surface area contributed by atoms with Crippen molar-refractivity contribution in [2.24, 2.45) is 0 Å². The quantitative estimate of drug-likeness (QED) is 0.156. The summed E-state index contributed by atoms with van der Waals surface area (Å²) in [5.41, 5.74) is 11.4. The number of thiophene rings is 1. The average Bonchev–Trinajstić information content (AvgIpc) is 3.59. The van der Waals surface area contributed by atoms with Gasteiger partial charge >= 0.3 is 0 Å². The van der Waals surface area contributed by atoms with Crippen LogP contribution in [0, 0.1) is 0 Å². The predicted octanol–water partition coefficient (Wildman–Crippen LogP) is 12.3. The van der Waals surface area contributed by atoms with Crippen LogP contribution in [0.3, 0.4) is 0 Å². The number of rotatable bonds is 9. The minimum Gasteiger partial charge on any atom is -0.252 e. The molecule has 44 heavy (non-hydrogen) atoms. The fraction of sp³-hybridized carbons (Fsp3) is 0.167. The van der Waals surface area contributed by atoms with E-state index in [0.29, 0.717) is 5.92 Å². The largest absolute Gasteiger partial charge is 0.252 e. The maximum absolute atomic E-state index is 5.18. The van der Waals surface area contributed by atoms with Gasteiger partial charge in [0.1, 0.15) is 0 Å². The van der Waals surface area contributed by atoms with E-state index < -0.39 is 0 Å². The van der Waals surface area contributed by atoms with Crippen molar-refractivity contribution >= 4 is 42.7 Å². The molecule has 6 rings (SSSR count). The summed E-state index contributed by atoms with van der Waals surface area (Å²) in [5.74, 6) is 0.298. The lowest BCUT2D eigenvalue weighted by molar-refractivity contribution is 0.855. The molecular formula is C42H39NS. The standard InChI is InChI=1S/C42H39NS/c1-5-8-10-11-18-32-27-31(29(4)17-9-6-2)28-38(43-32)30(16-7-3)23-24-34-33-19-12-13-20-35(33)41-36(34)25-26-40-42(41)37-21-14-15-22-39(37)44-40/h5-17,19-23,25-28,34H,18,24H2,1-4H3/b8-5-,9-6-,11-10-,16-7-,29-17+,30-23+. The highest BCUT2D eigenvalue weighted by atomic mass is 32.1. The molecule has 0 saturated carbocycles. The zero-order chi connectivity index (χ0) is 30.5. The second-order valence-corrected chi connectivity index (χ2v) is 12.4. The number of hydrogen-bond acceptors (Lipinski definition) is 2. The molecule has 218 valence electrons. The van der Waals surface area contributed by atoms with Gasteiger partial charge in [0.15, 0.2) is 0 Å². The zero-order valence-corrected chi connectivity index (χ0v) is 26.9. The molecule has 0 radical (unpaired) electrons. The van der Waals surface area contributed by atoms with Crippen LogP contribution in [0.1, 0.15) is 68.1 Å². The second-order valence-electron chi connectivity index (χ2n) is 11.3. The molecule has 0 aliphatic heterocycles. The molecule has 1 unspecified atom stereocenters. The highest BCUT2D eigenvalue weighted by Gasteiger charge is 2.30. The first-order valence-corrected chi connectivity index (χ1v) is 16.4. The van der Waals surface area contributed by atoms with Crippen molar-refractivity contribution in [3.05, 3.63) is 162 Å². The van der Waals surface area contributed by atoms with Crippen LogP contribution in [0.5, 0.6) is 0 Å². The molecule has 1 nitrogen and oxygen atoms in total. The maximum Gasteiger partial charge on any atom is 0.0708 e. The fourth-order valence-electron chi connectivity index (χ4n) is 6.33. The van der Waals surface area contributed by atoms with Crippen LogP contribution in [0.2, 0.25) is 0 Å². The van der Waals surface area contributed by atoms with Crippen LogP contribution in [-0.4, -0.2) is 4.98 Å². The van der Waals surface area contributed by atoms with Gasteiger partial charge in [-0.1, -0.05) is 109 Å². The van der Waals surface area contributed by atoms with E-state index in [0.717, 1.165) is 24.2 Å². The lowest BCUT2D eigenvalue weighted by Crippen LogP contribution is -1.99. The molecule has 0 bridgehead atoms. The van der Waals surface area contributed by atoms with Crippen LogP contribution in [0.4, 0.5) is 0 Å². The lowest BCUT2D eigenvalue weighted by atomic mass is 9.91. The first-order valence-electron chi connectivity index (χ1n) is 15.6. The van der Waals surface area contributed by atoms with Crippen molar-refractivity contribution in [1.29, 1.82) is 0 Å². The smallest absolute Gasteiger partial charge is 0.0708 e. The van der Waals surface area contributed by atoms with Gasteiger partial charge in [-0.25, -0.2) is 0 Å². The first kappa shape index (κ1) is 29.5. The van der Waals surface area contributed by atoms with Crippen molar-refractivity contribution in [1.82, 2.24) is 4.98 Å². The van der Waals surface area contributed by atoms with Gasteiger partial charge in [-0.3, -0.25) is 4.98 Å². The van der Waals surface area contributed by atoms with Crippen molar-refractivity contribution in [2.45, 2.75) is 46.5 Å². The van der Waals surface area contributed by atoms with E-state index >= 15 is 0 Å². The number of pyridine rings is 1. The van der Waals surface area contributed by atoms with Gasteiger partial charge in [-0.05, 0) is 97.3 Å². The van der Waals surface area contributed by atoms with E-state index in [4.69, 9.17) is 4.98 Å². The Hall–Kier alpha value is -4.53. The highest BCUT2D eigenvalue weighted by molar-refractivity contribution is 7.25. The molecule has 0 N–H and O–H groups in total. The molecule has 1 atom stereocenters. The van der Waals surface area contributed by atoms with Crippen LogP contribution in [-0.2, 0) is 6.42 Å². The SMILES string of the molecule is C/C=C\C=C/Cc1cc(/C(C)=C/C=C\C)cc(C(/C=C\C)=C/CC2c3ccccc3-c3c2ccc2sc4ccccc4c32)n1. The van der Waals surface area contributed by atoms with Gasteiger partial charge in [0, 0.05) is 38.2 Å². The van der Waals surface area contributed by atoms with Gasteiger partial charge < -0.3 is 0 Å². The molecule has 0 amide bonds. The maximum atomic E-state index is 5.18. The summed E-state index contributed by atoms with van der Waals surface area (Å²) in [5, 5.41) is 2.77.